The molecular formula is C25H19N3O13S2. The van der Waals surface area contributed by atoms with Crippen LogP contribution in [-0.4, -0.2) is 60.6 Å². The van der Waals surface area contributed by atoms with E-state index in [1.807, 2.05) is 0 Å². The van der Waals surface area contributed by atoms with Crippen LogP contribution in [0.2, 0.25) is 0 Å². The lowest BCUT2D eigenvalue weighted by molar-refractivity contribution is -0.172. The Bertz CT molecular complexity index is 2030. The van der Waals surface area contributed by atoms with Crippen molar-refractivity contribution in [2.45, 2.75) is 22.6 Å². The Morgan fingerprint density at radius 2 is 1.58 bits per heavy atom. The summed E-state index contributed by atoms with van der Waals surface area (Å²) < 4.78 is 70.7. The molecule has 2 heterocycles. The van der Waals surface area contributed by atoms with Crippen LogP contribution in [0.3, 0.4) is 0 Å². The number of anilines is 1. The molecule has 18 heteroatoms. The molecule has 1 saturated heterocycles. The summed E-state index contributed by atoms with van der Waals surface area (Å²) in [7, 11) is -9.91. The molecule has 16 nitrogen and oxygen atoms in total. The molecule has 0 saturated carbocycles. The smallest absolute Gasteiger partial charge is 0.363 e. The minimum Gasteiger partial charge on any atom is -0.478 e. The number of carbonyl (C=O) groups excluding carboxylic acids is 3. The molecule has 0 aromatic heterocycles. The van der Waals surface area contributed by atoms with E-state index in [2.05, 4.69) is 0 Å². The van der Waals surface area contributed by atoms with E-state index in [0.29, 0.717) is 0 Å². The molecule has 0 atom stereocenters. The zero-order valence-corrected chi connectivity index (χ0v) is 22.9. The number of hydrogen-bond donors (Lipinski definition) is 7. The van der Waals surface area contributed by atoms with Crippen LogP contribution >= 0.6 is 10.9 Å². The quantitative estimate of drug-likeness (QED) is 0.0695. The Kier molecular flexibility index (Phi) is 7.00. The summed E-state index contributed by atoms with van der Waals surface area (Å²) in [6.07, 6.45) is -0.380. The Morgan fingerprint density at radius 3 is 2.16 bits per heavy atom. The fraction of sp³-hybridized carbons (Fsp3) is 0.0800. The highest BCUT2D eigenvalue weighted by molar-refractivity contribution is 8.19. The third-order valence-electron chi connectivity index (χ3n) is 6.46. The predicted molar refractivity (Wildman–Crippen MR) is 146 cm³/mol. The number of hydroxylamine groups is 2. The molecule has 43 heavy (non-hydrogen) atoms. The summed E-state index contributed by atoms with van der Waals surface area (Å²) in [5, 5.41) is 17.5. The Morgan fingerprint density at radius 1 is 0.930 bits per heavy atom. The summed E-state index contributed by atoms with van der Waals surface area (Å²) in [5.41, 5.74) is 2.94. The zero-order chi connectivity index (χ0) is 31.6. The molecule has 1 fully saturated rings. The maximum Gasteiger partial charge on any atom is 0.363 e. The Hall–Kier alpha value is -4.85. The first-order chi connectivity index (χ1) is 20.0. The van der Waals surface area contributed by atoms with Crippen LogP contribution in [0, 0.1) is 5.41 Å². The average molecular weight is 634 g/mol. The fourth-order valence-corrected chi connectivity index (χ4v) is 6.19. The summed E-state index contributed by atoms with van der Waals surface area (Å²) in [5.74, 6) is -5.03. The van der Waals surface area contributed by atoms with E-state index in [0.717, 1.165) is 30.3 Å². The first-order valence-electron chi connectivity index (χ1n) is 11.8. The monoisotopic (exact) mass is 633 g/mol. The van der Waals surface area contributed by atoms with E-state index in [9.17, 15) is 50.9 Å². The van der Waals surface area contributed by atoms with Crippen LogP contribution in [0.15, 0.2) is 56.7 Å². The van der Waals surface area contributed by atoms with Crippen molar-refractivity contribution in [3.63, 3.8) is 0 Å². The van der Waals surface area contributed by atoms with Crippen LogP contribution in [0.5, 0.6) is 0 Å². The molecule has 2 amide bonds. The van der Waals surface area contributed by atoms with Gasteiger partial charge in [0.2, 0.25) is 0 Å². The first kappa shape index (κ1) is 29.6. The summed E-state index contributed by atoms with van der Waals surface area (Å²) in [6.45, 7) is 0. The average Bonchev–Trinajstić information content (AvgIpc) is 3.21. The fourth-order valence-electron chi connectivity index (χ4n) is 4.67. The van der Waals surface area contributed by atoms with E-state index in [4.69, 9.17) is 20.4 Å². The van der Waals surface area contributed by atoms with Gasteiger partial charge in [0.25, 0.3) is 21.9 Å². The summed E-state index contributed by atoms with van der Waals surface area (Å²) in [4.78, 5) is 52.2. The second-order valence-corrected chi connectivity index (χ2v) is 12.0. The van der Waals surface area contributed by atoms with Gasteiger partial charge in [0.05, 0.1) is 22.2 Å². The van der Waals surface area contributed by atoms with E-state index in [1.54, 1.807) is 0 Å². The molecule has 2 aromatic carbocycles. The Labute approximate surface area is 241 Å². The van der Waals surface area contributed by atoms with Crippen molar-refractivity contribution in [2.75, 3.05) is 5.73 Å². The number of nitrogens with zero attached hydrogens (tertiary/aromatic N) is 1. The number of rotatable bonds is 6. The lowest BCUT2D eigenvalue weighted by Crippen LogP contribution is -2.32. The first-order valence-corrected chi connectivity index (χ1v) is 14.8. The number of aromatic carboxylic acids is 1. The van der Waals surface area contributed by atoms with Crippen LogP contribution in [0.25, 0.3) is 33.4 Å². The van der Waals surface area contributed by atoms with Gasteiger partial charge in [-0.25, -0.2) is 9.59 Å². The van der Waals surface area contributed by atoms with Gasteiger partial charge in [-0.3, -0.25) is 19.6 Å². The van der Waals surface area contributed by atoms with Gasteiger partial charge in [-0.2, -0.15) is 8.42 Å². The number of carboxylic acids is 1. The zero-order valence-electron chi connectivity index (χ0n) is 21.3. The maximum absolute atomic E-state index is 13.0. The molecule has 8 N–H and O–H groups in total. The third-order valence-corrected chi connectivity index (χ3v) is 8.35. The predicted octanol–water partition coefficient (Wildman–Crippen LogP) is 3.01. The molecule has 0 bridgehead atoms. The van der Waals surface area contributed by atoms with Gasteiger partial charge < -0.3 is 33.8 Å². The van der Waals surface area contributed by atoms with Gasteiger partial charge in [0.1, 0.15) is 15.8 Å². The molecule has 2 aromatic rings. The summed E-state index contributed by atoms with van der Waals surface area (Å²) in [6, 6.07) is 7.42. The van der Waals surface area contributed by atoms with Crippen molar-refractivity contribution in [1.29, 1.82) is 5.41 Å². The Balaban J connectivity index is 1.91. The van der Waals surface area contributed by atoms with Crippen LogP contribution in [0.1, 0.15) is 33.6 Å². The number of imide groups is 1. The van der Waals surface area contributed by atoms with Crippen molar-refractivity contribution in [1.82, 2.24) is 5.06 Å². The van der Waals surface area contributed by atoms with Crippen molar-refractivity contribution >= 4 is 61.4 Å². The third kappa shape index (κ3) is 5.07. The molecule has 5 rings (SSSR count). The largest absolute Gasteiger partial charge is 0.478 e. The number of nitrogens with two attached hydrogens (primary N) is 1. The highest BCUT2D eigenvalue weighted by atomic mass is 32.3. The molecule has 0 spiro atoms. The number of fused-ring (bicyclic) bond motifs is 2. The molecular weight excluding hydrogens is 614 g/mol. The number of carboxylic acid groups (broad SMARTS) is 1. The number of benzene rings is 3. The number of carbonyl (C=O) groups is 4. The number of amides is 2. The van der Waals surface area contributed by atoms with Gasteiger partial charge >= 0.3 is 11.9 Å². The molecule has 2 aliphatic heterocycles. The molecule has 1 aliphatic carbocycles. The second kappa shape index (κ2) is 10.2. The van der Waals surface area contributed by atoms with E-state index < -0.39 is 82.5 Å². The number of hydrogen-bond acceptors (Lipinski definition) is 13. The van der Waals surface area contributed by atoms with Gasteiger partial charge in [-0.05, 0) is 48.0 Å². The van der Waals surface area contributed by atoms with Gasteiger partial charge in [0, 0.05) is 29.4 Å². The molecule has 224 valence electrons. The summed E-state index contributed by atoms with van der Waals surface area (Å²) >= 11 is 0. The molecule has 0 radical (unpaired) electrons. The number of nitrogens with one attached hydrogen (secondary N) is 1. The SMILES string of the molecule is N=c1ccc2c(-c3cc(C(=O)ON4C(=O)CCC4=O)ccc3C(=O)O)c3ccc(N)c(S(=O)(=O)O)c3oc-2c1S(O)(O)O. The highest BCUT2D eigenvalue weighted by Gasteiger charge is 2.35. The van der Waals surface area contributed by atoms with Gasteiger partial charge in [-0.1, -0.05) is 0 Å². The molecule has 0 unspecified atom stereocenters. The van der Waals surface area contributed by atoms with Gasteiger partial charge in [0.15, 0.2) is 16.2 Å². The van der Waals surface area contributed by atoms with Gasteiger partial charge in [-0.15, -0.1) is 5.06 Å². The van der Waals surface area contributed by atoms with Crippen molar-refractivity contribution < 1.29 is 60.2 Å². The molecule has 3 aliphatic rings. The van der Waals surface area contributed by atoms with E-state index >= 15 is 0 Å². The second-order valence-electron chi connectivity index (χ2n) is 9.18. The minimum absolute atomic E-state index is 0.190. The standard InChI is InChI=1S/C25H19N3O13S2/c26-15-5-3-12-19(13-4-6-16(27)23(43(37,38)39)21(13)40-20(12)22(15)42(34,35)36)14-9-10(1-2-11(14)24(31)32)25(33)41-28-17(29)7-8-18(28)30/h1-6,9,26,34-36H,7-8,27H2,(H,31,32)(H,37,38,39). The minimum atomic E-state index is -5.16. The normalized spacial score (nSPS) is 14.5. The van der Waals surface area contributed by atoms with Crippen molar-refractivity contribution in [3.8, 4) is 22.5 Å². The lowest BCUT2D eigenvalue weighted by atomic mass is 9.89. The lowest BCUT2D eigenvalue weighted by Gasteiger charge is -2.25. The number of nitrogen functional groups attached to an aromatic ring is 1. The van der Waals surface area contributed by atoms with Crippen LogP contribution in [-0.2, 0) is 24.5 Å². The van der Waals surface area contributed by atoms with Crippen molar-refractivity contribution in [3.05, 3.63) is 58.9 Å². The van der Waals surface area contributed by atoms with Crippen molar-refractivity contribution in [2.24, 2.45) is 0 Å². The van der Waals surface area contributed by atoms with Crippen LogP contribution < -0.4 is 11.1 Å². The highest BCUT2D eigenvalue weighted by Crippen LogP contribution is 2.52. The van der Waals surface area contributed by atoms with E-state index in [1.165, 1.54) is 12.1 Å². The van der Waals surface area contributed by atoms with E-state index in [-0.39, 0.29) is 45.5 Å². The van der Waals surface area contributed by atoms with Crippen LogP contribution in [0.4, 0.5) is 5.69 Å². The topological polar surface area (TPSA) is 279 Å². The maximum atomic E-state index is 13.0.